The van der Waals surface area contributed by atoms with E-state index in [1.165, 1.54) is 28.3 Å². The first-order valence-corrected chi connectivity index (χ1v) is 7.32. The van der Waals surface area contributed by atoms with Crippen molar-refractivity contribution in [1.82, 2.24) is 10.3 Å². The third-order valence-corrected chi connectivity index (χ3v) is 4.53. The van der Waals surface area contributed by atoms with Gasteiger partial charge in [0.05, 0.1) is 0 Å². The summed E-state index contributed by atoms with van der Waals surface area (Å²) in [6, 6.07) is 11.5. The number of benzene rings is 1. The maximum atomic E-state index is 4.38. The summed E-state index contributed by atoms with van der Waals surface area (Å²) in [5, 5.41) is 4.80. The maximum absolute atomic E-state index is 4.38. The molecule has 0 radical (unpaired) electrons. The lowest BCUT2D eigenvalue weighted by molar-refractivity contribution is 0.289. The number of hydrogen-bond acceptors (Lipinski definition) is 3. The molecule has 94 valence electrons. The zero-order valence-corrected chi connectivity index (χ0v) is 11.4. The third-order valence-electron chi connectivity index (χ3n) is 3.62. The summed E-state index contributed by atoms with van der Waals surface area (Å²) in [6.07, 6.45) is 4.47. The molecule has 1 saturated carbocycles. The summed E-state index contributed by atoms with van der Waals surface area (Å²) in [7, 11) is 0. The van der Waals surface area contributed by atoms with Crippen molar-refractivity contribution in [2.45, 2.75) is 38.3 Å². The maximum Gasteiger partial charge on any atom is 0.107 e. The lowest BCUT2D eigenvalue weighted by Crippen LogP contribution is -2.39. The summed E-state index contributed by atoms with van der Waals surface area (Å²) in [6.45, 7) is 3.03. The second-order valence-electron chi connectivity index (χ2n) is 5.02. The third kappa shape index (κ3) is 2.62. The van der Waals surface area contributed by atoms with Crippen molar-refractivity contribution < 1.29 is 0 Å². The number of thiazole rings is 1. The van der Waals surface area contributed by atoms with Crippen molar-refractivity contribution in [1.29, 1.82) is 0 Å². The molecule has 0 atom stereocenters. The molecular weight excluding hydrogens is 240 g/mol. The van der Waals surface area contributed by atoms with Gasteiger partial charge in [0.2, 0.25) is 0 Å². The molecule has 1 aliphatic carbocycles. The Hall–Kier alpha value is -1.19. The number of aromatic nitrogens is 1. The normalized spacial score (nSPS) is 22.7. The molecule has 1 aromatic heterocycles. The SMILES string of the molecule is Cc1cnc(CNC2CC(c3ccccc3)C2)s1. The minimum Gasteiger partial charge on any atom is -0.308 e. The highest BCUT2D eigenvalue weighted by Crippen LogP contribution is 2.36. The standard InChI is InChI=1S/C15H18N2S/c1-11-9-17-15(18-11)10-16-14-7-13(8-14)12-5-3-2-4-6-12/h2-6,9,13-14,16H,7-8,10H2,1H3. The van der Waals surface area contributed by atoms with Crippen molar-refractivity contribution in [2.75, 3.05) is 0 Å². The van der Waals surface area contributed by atoms with Gasteiger partial charge in [-0.25, -0.2) is 4.98 Å². The predicted molar refractivity (Wildman–Crippen MR) is 75.9 cm³/mol. The second-order valence-corrected chi connectivity index (χ2v) is 6.34. The summed E-state index contributed by atoms with van der Waals surface area (Å²) >= 11 is 1.79. The van der Waals surface area contributed by atoms with Gasteiger partial charge in [-0.15, -0.1) is 11.3 Å². The van der Waals surface area contributed by atoms with Gasteiger partial charge in [-0.3, -0.25) is 0 Å². The lowest BCUT2D eigenvalue weighted by atomic mass is 9.76. The van der Waals surface area contributed by atoms with E-state index in [2.05, 4.69) is 47.6 Å². The fourth-order valence-electron chi connectivity index (χ4n) is 2.50. The molecule has 1 fully saturated rings. The number of hydrogen-bond donors (Lipinski definition) is 1. The van der Waals surface area contributed by atoms with Crippen molar-refractivity contribution >= 4 is 11.3 Å². The van der Waals surface area contributed by atoms with E-state index in [9.17, 15) is 0 Å². The van der Waals surface area contributed by atoms with E-state index in [0.717, 1.165) is 12.5 Å². The van der Waals surface area contributed by atoms with Gasteiger partial charge in [0.1, 0.15) is 5.01 Å². The van der Waals surface area contributed by atoms with E-state index in [1.54, 1.807) is 11.3 Å². The van der Waals surface area contributed by atoms with Gasteiger partial charge in [0, 0.05) is 23.7 Å². The zero-order valence-electron chi connectivity index (χ0n) is 10.6. The molecule has 1 aliphatic rings. The summed E-state index contributed by atoms with van der Waals surface area (Å²) < 4.78 is 0. The Morgan fingerprint density at radius 3 is 2.72 bits per heavy atom. The number of rotatable bonds is 4. The Labute approximate surface area is 112 Å². The van der Waals surface area contributed by atoms with E-state index >= 15 is 0 Å². The Kier molecular flexibility index (Phi) is 3.43. The fraction of sp³-hybridized carbons (Fsp3) is 0.400. The van der Waals surface area contributed by atoms with E-state index in [4.69, 9.17) is 0 Å². The molecule has 18 heavy (non-hydrogen) atoms. The van der Waals surface area contributed by atoms with Crippen LogP contribution in [0.4, 0.5) is 0 Å². The van der Waals surface area contributed by atoms with Gasteiger partial charge in [-0.2, -0.15) is 0 Å². The molecule has 3 rings (SSSR count). The summed E-state index contributed by atoms with van der Waals surface area (Å²) in [4.78, 5) is 5.67. The molecule has 2 aromatic rings. The first-order chi connectivity index (χ1) is 8.81. The van der Waals surface area contributed by atoms with Crippen LogP contribution in [0, 0.1) is 6.92 Å². The number of nitrogens with zero attached hydrogens (tertiary/aromatic N) is 1. The van der Waals surface area contributed by atoms with E-state index in [0.29, 0.717) is 6.04 Å². The Morgan fingerprint density at radius 2 is 2.06 bits per heavy atom. The number of aryl methyl sites for hydroxylation is 1. The molecule has 2 nitrogen and oxygen atoms in total. The molecule has 3 heteroatoms. The highest BCUT2D eigenvalue weighted by atomic mass is 32.1. The van der Waals surface area contributed by atoms with Gasteiger partial charge in [0.25, 0.3) is 0 Å². The molecule has 0 bridgehead atoms. The molecule has 0 amide bonds. The highest BCUT2D eigenvalue weighted by Gasteiger charge is 2.29. The van der Waals surface area contributed by atoms with Crippen LogP contribution in [-0.4, -0.2) is 11.0 Å². The smallest absolute Gasteiger partial charge is 0.107 e. The van der Waals surface area contributed by atoms with Gasteiger partial charge >= 0.3 is 0 Å². The fourth-order valence-corrected chi connectivity index (χ4v) is 3.23. The van der Waals surface area contributed by atoms with Crippen LogP contribution < -0.4 is 5.32 Å². The van der Waals surface area contributed by atoms with Crippen molar-refractivity contribution in [3.8, 4) is 0 Å². The van der Waals surface area contributed by atoms with Crippen LogP contribution in [0.1, 0.15) is 34.2 Å². The van der Waals surface area contributed by atoms with Crippen LogP contribution in [0.3, 0.4) is 0 Å². The molecule has 0 spiro atoms. The Bertz CT molecular complexity index is 500. The van der Waals surface area contributed by atoms with Crippen LogP contribution in [0.5, 0.6) is 0 Å². The van der Waals surface area contributed by atoms with E-state index in [-0.39, 0.29) is 0 Å². The average molecular weight is 258 g/mol. The second kappa shape index (κ2) is 5.21. The van der Waals surface area contributed by atoms with Crippen molar-refractivity contribution in [3.63, 3.8) is 0 Å². The van der Waals surface area contributed by atoms with Crippen LogP contribution >= 0.6 is 11.3 Å². The minimum absolute atomic E-state index is 0.666. The van der Waals surface area contributed by atoms with Crippen molar-refractivity contribution in [2.24, 2.45) is 0 Å². The predicted octanol–water partition coefficient (Wildman–Crippen LogP) is 3.49. The molecular formula is C15H18N2S. The van der Waals surface area contributed by atoms with Crippen molar-refractivity contribution in [3.05, 3.63) is 52.0 Å². The molecule has 1 aromatic carbocycles. The Balaban J connectivity index is 1.46. The first kappa shape index (κ1) is 11.9. The van der Waals surface area contributed by atoms with Crippen LogP contribution in [0.2, 0.25) is 0 Å². The minimum atomic E-state index is 0.666. The summed E-state index contributed by atoms with van der Waals surface area (Å²) in [5.41, 5.74) is 1.49. The quantitative estimate of drug-likeness (QED) is 0.908. The molecule has 1 N–H and O–H groups in total. The van der Waals surface area contributed by atoms with Crippen LogP contribution in [0.15, 0.2) is 36.5 Å². The summed E-state index contributed by atoms with van der Waals surface area (Å²) in [5.74, 6) is 0.752. The molecule has 0 unspecified atom stereocenters. The largest absolute Gasteiger partial charge is 0.308 e. The van der Waals surface area contributed by atoms with Crippen LogP contribution in [-0.2, 0) is 6.54 Å². The van der Waals surface area contributed by atoms with E-state index in [1.807, 2.05) is 6.20 Å². The van der Waals surface area contributed by atoms with Crippen LogP contribution in [0.25, 0.3) is 0 Å². The zero-order chi connectivity index (χ0) is 12.4. The Morgan fingerprint density at radius 1 is 1.28 bits per heavy atom. The van der Waals surface area contributed by atoms with E-state index < -0.39 is 0 Å². The lowest BCUT2D eigenvalue weighted by Gasteiger charge is -2.36. The molecule has 0 aliphatic heterocycles. The van der Waals surface area contributed by atoms with Gasteiger partial charge in [0.15, 0.2) is 0 Å². The number of nitrogens with one attached hydrogen (secondary N) is 1. The first-order valence-electron chi connectivity index (χ1n) is 6.51. The van der Waals surface area contributed by atoms with Gasteiger partial charge in [-0.1, -0.05) is 30.3 Å². The monoisotopic (exact) mass is 258 g/mol. The molecule has 0 saturated heterocycles. The van der Waals surface area contributed by atoms with Gasteiger partial charge < -0.3 is 5.32 Å². The average Bonchev–Trinajstić information content (AvgIpc) is 2.74. The highest BCUT2D eigenvalue weighted by molar-refractivity contribution is 7.11. The molecule has 1 heterocycles. The topological polar surface area (TPSA) is 24.9 Å². The van der Waals surface area contributed by atoms with Gasteiger partial charge in [-0.05, 0) is 31.2 Å².